The Balaban J connectivity index is 2.04. The van der Waals surface area contributed by atoms with E-state index in [-0.39, 0.29) is 0 Å². The lowest BCUT2D eigenvalue weighted by atomic mass is 9.89. The number of hydrogen-bond donors (Lipinski definition) is 1. The van der Waals surface area contributed by atoms with Crippen LogP contribution in [-0.2, 0) is 0 Å². The summed E-state index contributed by atoms with van der Waals surface area (Å²) < 4.78 is 0. The Kier molecular flexibility index (Phi) is 3.88. The van der Waals surface area contributed by atoms with Crippen LogP contribution in [0.1, 0.15) is 63.9 Å². The maximum Gasteiger partial charge on any atom is 0.133 e. The van der Waals surface area contributed by atoms with Crippen molar-refractivity contribution in [3.63, 3.8) is 0 Å². The van der Waals surface area contributed by atoms with Crippen LogP contribution in [0.5, 0.6) is 0 Å². The number of anilines is 1. The highest BCUT2D eigenvalue weighted by atomic mass is 15.0. The number of nitrogens with zero attached hydrogens (tertiary/aromatic N) is 2. The van der Waals surface area contributed by atoms with Gasteiger partial charge < -0.3 is 5.32 Å². The van der Waals surface area contributed by atoms with Gasteiger partial charge >= 0.3 is 0 Å². The van der Waals surface area contributed by atoms with Crippen molar-refractivity contribution in [3.8, 4) is 0 Å². The molecule has 1 fully saturated rings. The molecule has 18 heavy (non-hydrogen) atoms. The summed E-state index contributed by atoms with van der Waals surface area (Å²) in [5.74, 6) is 2.31. The molecule has 2 rings (SSSR count). The van der Waals surface area contributed by atoms with Crippen LogP contribution in [0.2, 0.25) is 0 Å². The van der Waals surface area contributed by atoms with Crippen molar-refractivity contribution < 1.29 is 0 Å². The Labute approximate surface area is 110 Å². The Morgan fingerprint density at radius 1 is 1.28 bits per heavy atom. The van der Waals surface area contributed by atoms with Gasteiger partial charge in [-0.1, -0.05) is 33.6 Å². The van der Waals surface area contributed by atoms with Crippen LogP contribution in [-0.4, -0.2) is 16.5 Å². The van der Waals surface area contributed by atoms with Crippen LogP contribution in [0.15, 0.2) is 6.07 Å². The molecule has 1 saturated carbocycles. The van der Waals surface area contributed by atoms with Crippen LogP contribution in [0.3, 0.4) is 0 Å². The summed E-state index contributed by atoms with van der Waals surface area (Å²) in [7, 11) is 0. The molecule has 1 aliphatic rings. The second-order valence-electron chi connectivity index (χ2n) is 6.28. The van der Waals surface area contributed by atoms with Crippen molar-refractivity contribution in [3.05, 3.63) is 17.6 Å². The Hall–Kier alpha value is -1.12. The summed E-state index contributed by atoms with van der Waals surface area (Å²) in [4.78, 5) is 9.08. The van der Waals surface area contributed by atoms with Gasteiger partial charge in [0.1, 0.15) is 11.6 Å². The van der Waals surface area contributed by atoms with E-state index in [1.807, 2.05) is 13.0 Å². The average Bonchev–Trinajstić information content (AvgIpc) is 2.73. The summed E-state index contributed by atoms with van der Waals surface area (Å²) in [5.41, 5.74) is 1.50. The van der Waals surface area contributed by atoms with Gasteiger partial charge in [-0.2, -0.15) is 0 Å². The largest absolute Gasteiger partial charge is 0.369 e. The topological polar surface area (TPSA) is 37.8 Å². The van der Waals surface area contributed by atoms with Gasteiger partial charge in [-0.05, 0) is 25.2 Å². The third-order valence-electron chi connectivity index (χ3n) is 3.89. The van der Waals surface area contributed by atoms with E-state index in [0.717, 1.165) is 23.9 Å². The summed E-state index contributed by atoms with van der Waals surface area (Å²) in [5, 5.41) is 3.51. The van der Waals surface area contributed by atoms with Gasteiger partial charge in [0.25, 0.3) is 0 Å². The SMILES string of the molecule is Cc1cc(NCC2(C)CCCC2)nc(C(C)C)n1. The molecule has 3 nitrogen and oxygen atoms in total. The molecule has 1 aliphatic carbocycles. The Bertz CT molecular complexity index is 406. The van der Waals surface area contributed by atoms with Crippen LogP contribution < -0.4 is 5.32 Å². The van der Waals surface area contributed by atoms with Crippen molar-refractivity contribution in [2.75, 3.05) is 11.9 Å². The molecule has 1 aromatic rings. The predicted molar refractivity (Wildman–Crippen MR) is 75.9 cm³/mol. The zero-order valence-corrected chi connectivity index (χ0v) is 12.1. The maximum absolute atomic E-state index is 4.60. The minimum absolute atomic E-state index is 0.382. The lowest BCUT2D eigenvalue weighted by molar-refractivity contribution is 0.361. The molecule has 0 amide bonds. The maximum atomic E-state index is 4.60. The van der Waals surface area contributed by atoms with Crippen LogP contribution in [0.25, 0.3) is 0 Å². The van der Waals surface area contributed by atoms with Crippen molar-refractivity contribution in [2.45, 2.75) is 59.3 Å². The summed E-state index contributed by atoms with van der Waals surface area (Å²) in [6, 6.07) is 2.05. The minimum Gasteiger partial charge on any atom is -0.369 e. The van der Waals surface area contributed by atoms with Gasteiger partial charge in [-0.15, -0.1) is 0 Å². The van der Waals surface area contributed by atoms with Crippen LogP contribution >= 0.6 is 0 Å². The molecule has 0 saturated heterocycles. The van der Waals surface area contributed by atoms with Crippen molar-refractivity contribution in [2.24, 2.45) is 5.41 Å². The smallest absolute Gasteiger partial charge is 0.133 e. The molecule has 100 valence electrons. The molecule has 0 unspecified atom stereocenters. The molecule has 1 aromatic heterocycles. The molecule has 1 heterocycles. The highest BCUT2D eigenvalue weighted by Gasteiger charge is 2.28. The molecular formula is C15H25N3. The van der Waals surface area contributed by atoms with Gasteiger partial charge in [0, 0.05) is 24.2 Å². The standard InChI is InChI=1S/C15H25N3/c1-11(2)14-17-12(3)9-13(18-14)16-10-15(4)7-5-6-8-15/h9,11H,5-8,10H2,1-4H3,(H,16,17,18). The van der Waals surface area contributed by atoms with Crippen molar-refractivity contribution >= 4 is 5.82 Å². The molecule has 1 N–H and O–H groups in total. The number of rotatable bonds is 4. The fourth-order valence-electron chi connectivity index (χ4n) is 2.65. The number of hydrogen-bond acceptors (Lipinski definition) is 3. The second kappa shape index (κ2) is 5.25. The number of aromatic nitrogens is 2. The van der Waals surface area contributed by atoms with Crippen LogP contribution in [0, 0.1) is 12.3 Å². The first-order chi connectivity index (χ1) is 8.48. The quantitative estimate of drug-likeness (QED) is 0.876. The zero-order valence-electron chi connectivity index (χ0n) is 12.1. The summed E-state index contributed by atoms with van der Waals surface area (Å²) >= 11 is 0. The monoisotopic (exact) mass is 247 g/mol. The molecule has 0 atom stereocenters. The molecule has 0 radical (unpaired) electrons. The van der Waals surface area contributed by atoms with Crippen LogP contribution in [0.4, 0.5) is 5.82 Å². The second-order valence-corrected chi connectivity index (χ2v) is 6.28. The molecule has 0 bridgehead atoms. The summed E-state index contributed by atoms with van der Waals surface area (Å²) in [6.07, 6.45) is 5.42. The highest BCUT2D eigenvalue weighted by molar-refractivity contribution is 5.36. The normalized spacial score (nSPS) is 18.3. The van der Waals surface area contributed by atoms with E-state index in [2.05, 4.69) is 36.1 Å². The van der Waals surface area contributed by atoms with E-state index in [0.29, 0.717) is 11.3 Å². The molecule has 0 spiro atoms. The average molecular weight is 247 g/mol. The predicted octanol–water partition coefficient (Wildman–Crippen LogP) is 3.90. The van der Waals surface area contributed by atoms with Gasteiger partial charge in [-0.3, -0.25) is 0 Å². The van der Waals surface area contributed by atoms with E-state index in [4.69, 9.17) is 0 Å². The fourth-order valence-corrected chi connectivity index (χ4v) is 2.65. The third kappa shape index (κ3) is 3.21. The van der Waals surface area contributed by atoms with E-state index < -0.39 is 0 Å². The zero-order chi connectivity index (χ0) is 13.2. The molecule has 0 aliphatic heterocycles. The summed E-state index contributed by atoms with van der Waals surface area (Å²) in [6.45, 7) is 9.72. The van der Waals surface area contributed by atoms with Gasteiger partial charge in [-0.25, -0.2) is 9.97 Å². The first-order valence-electron chi connectivity index (χ1n) is 7.08. The molecule has 0 aromatic carbocycles. The first-order valence-corrected chi connectivity index (χ1v) is 7.08. The Morgan fingerprint density at radius 3 is 2.56 bits per heavy atom. The van der Waals surface area contributed by atoms with E-state index >= 15 is 0 Å². The highest BCUT2D eigenvalue weighted by Crippen LogP contribution is 2.37. The van der Waals surface area contributed by atoms with Gasteiger partial charge in [0.2, 0.25) is 0 Å². The van der Waals surface area contributed by atoms with E-state index in [1.54, 1.807) is 0 Å². The number of nitrogens with one attached hydrogen (secondary N) is 1. The molecular weight excluding hydrogens is 222 g/mol. The van der Waals surface area contributed by atoms with Crippen molar-refractivity contribution in [1.82, 2.24) is 9.97 Å². The first kappa shape index (κ1) is 13.3. The van der Waals surface area contributed by atoms with Gasteiger partial charge in [0.15, 0.2) is 0 Å². The Morgan fingerprint density at radius 2 is 1.94 bits per heavy atom. The van der Waals surface area contributed by atoms with Gasteiger partial charge in [0.05, 0.1) is 0 Å². The van der Waals surface area contributed by atoms with E-state index in [1.165, 1.54) is 25.7 Å². The van der Waals surface area contributed by atoms with Crippen molar-refractivity contribution in [1.29, 1.82) is 0 Å². The number of aryl methyl sites for hydroxylation is 1. The van der Waals surface area contributed by atoms with E-state index in [9.17, 15) is 0 Å². The third-order valence-corrected chi connectivity index (χ3v) is 3.89. The minimum atomic E-state index is 0.382. The fraction of sp³-hybridized carbons (Fsp3) is 0.733. The molecule has 3 heteroatoms. The lowest BCUT2D eigenvalue weighted by Crippen LogP contribution is -2.23. The lowest BCUT2D eigenvalue weighted by Gasteiger charge is -2.24.